The van der Waals surface area contributed by atoms with Crippen molar-refractivity contribution in [3.8, 4) is 0 Å². The van der Waals surface area contributed by atoms with Crippen molar-refractivity contribution in [2.75, 3.05) is 62.4 Å². The van der Waals surface area contributed by atoms with Gasteiger partial charge in [-0.25, -0.2) is 0 Å². The lowest BCUT2D eigenvalue weighted by molar-refractivity contribution is 0.343. The molecule has 0 aliphatic heterocycles. The van der Waals surface area contributed by atoms with Gasteiger partial charge in [0.2, 0.25) is 0 Å². The van der Waals surface area contributed by atoms with E-state index in [-0.39, 0.29) is 41.2 Å². The lowest BCUT2D eigenvalue weighted by atomic mass is 10.4. The molecule has 0 bridgehead atoms. The summed E-state index contributed by atoms with van der Waals surface area (Å²) in [5.74, 6) is 0. The van der Waals surface area contributed by atoms with Gasteiger partial charge in [0.1, 0.15) is 0 Å². The van der Waals surface area contributed by atoms with Crippen LogP contribution in [0.2, 0.25) is 0 Å². The second kappa shape index (κ2) is 16.6. The van der Waals surface area contributed by atoms with Crippen LogP contribution in [0.5, 0.6) is 0 Å². The average Bonchev–Trinajstić information content (AvgIpc) is 2.83. The van der Waals surface area contributed by atoms with Gasteiger partial charge in [0.25, 0.3) is 0 Å². The van der Waals surface area contributed by atoms with Crippen molar-refractivity contribution in [3.05, 3.63) is 60.7 Å². The summed E-state index contributed by atoms with van der Waals surface area (Å²) in [7, 11) is -1.94. The summed E-state index contributed by atoms with van der Waals surface area (Å²) < 4.78 is 0. The maximum Gasteiger partial charge on any atom is 0.0646 e. The fourth-order valence-electron chi connectivity index (χ4n) is 3.37. The Bertz CT molecular complexity index is 625. The van der Waals surface area contributed by atoms with Gasteiger partial charge in [-0.05, 0) is 54.0 Å². The zero-order valence-electron chi connectivity index (χ0n) is 18.1. The average molecular weight is 500 g/mol. The van der Waals surface area contributed by atoms with E-state index in [2.05, 4.69) is 60.7 Å². The third-order valence-corrected chi connectivity index (χ3v) is 14.6. The second-order valence-corrected chi connectivity index (χ2v) is 17.0. The molecule has 4 N–H and O–H groups in total. The van der Waals surface area contributed by atoms with E-state index < -0.39 is 15.8 Å². The van der Waals surface area contributed by atoms with Crippen molar-refractivity contribution < 1.29 is 20.4 Å². The largest absolute Gasteiger partial charge is 0.392 e. The van der Waals surface area contributed by atoms with Gasteiger partial charge in [0.15, 0.2) is 0 Å². The molecule has 31 heavy (non-hydrogen) atoms. The molecule has 0 heterocycles. The lowest BCUT2D eigenvalue weighted by Gasteiger charge is -2.24. The quantitative estimate of drug-likeness (QED) is 0.265. The van der Waals surface area contributed by atoms with E-state index in [4.69, 9.17) is 0 Å². The van der Waals surface area contributed by atoms with Crippen LogP contribution >= 0.6 is 31.7 Å². The molecule has 2 aromatic rings. The number of benzene rings is 2. The topological polar surface area (TPSA) is 80.9 Å². The first kappa shape index (κ1) is 27.2. The molecule has 0 saturated heterocycles. The van der Waals surface area contributed by atoms with Gasteiger partial charge in [0, 0.05) is 0 Å². The van der Waals surface area contributed by atoms with E-state index in [1.807, 2.05) is 0 Å². The van der Waals surface area contributed by atoms with Crippen molar-refractivity contribution in [3.63, 3.8) is 0 Å². The van der Waals surface area contributed by atoms with Crippen LogP contribution in [0.4, 0.5) is 0 Å². The highest BCUT2D eigenvalue weighted by Gasteiger charge is 2.17. The molecule has 4 nitrogen and oxygen atoms in total. The van der Waals surface area contributed by atoms with Gasteiger partial charge in [-0.3, -0.25) is 0 Å². The Kier molecular flexibility index (Phi) is 14.6. The predicted molar refractivity (Wildman–Crippen MR) is 142 cm³/mol. The summed E-state index contributed by atoms with van der Waals surface area (Å²) in [5, 5.41) is 40.7. The maximum atomic E-state index is 9.47. The van der Waals surface area contributed by atoms with Crippen molar-refractivity contribution in [1.29, 1.82) is 0 Å². The molecule has 0 saturated carbocycles. The van der Waals surface area contributed by atoms with Crippen LogP contribution in [0.1, 0.15) is 6.42 Å². The molecular weight excluding hydrogens is 464 g/mol. The second-order valence-electron chi connectivity index (χ2n) is 7.35. The van der Waals surface area contributed by atoms with Crippen LogP contribution in [0.3, 0.4) is 0 Å². The van der Waals surface area contributed by atoms with E-state index in [1.54, 1.807) is 0 Å². The van der Waals surface area contributed by atoms with Gasteiger partial charge in [0.05, 0.1) is 25.4 Å². The van der Waals surface area contributed by atoms with Crippen molar-refractivity contribution >= 4 is 42.3 Å². The van der Waals surface area contributed by atoms with Gasteiger partial charge in [-0.2, -0.15) is 0 Å². The van der Waals surface area contributed by atoms with Crippen LogP contribution in [0.15, 0.2) is 60.7 Å². The smallest absolute Gasteiger partial charge is 0.0646 e. The molecule has 8 heteroatoms. The van der Waals surface area contributed by atoms with Gasteiger partial charge in [-0.1, -0.05) is 92.4 Å². The summed E-state index contributed by atoms with van der Waals surface area (Å²) in [4.78, 5) is 0. The Hall–Kier alpha value is 0. The van der Waals surface area contributed by atoms with Crippen LogP contribution in [0, 0.1) is 0 Å². The third-order valence-electron chi connectivity index (χ3n) is 5.27. The molecule has 0 aliphatic carbocycles. The number of rotatable bonds is 16. The normalized spacial score (nSPS) is 13.6. The van der Waals surface area contributed by atoms with Crippen LogP contribution < -0.4 is 10.6 Å². The molecule has 0 amide bonds. The summed E-state index contributed by atoms with van der Waals surface area (Å²) in [5.41, 5.74) is 0. The van der Waals surface area contributed by atoms with E-state index in [0.29, 0.717) is 0 Å². The summed E-state index contributed by atoms with van der Waals surface area (Å²) in [6.07, 6.45) is 7.92. The minimum Gasteiger partial charge on any atom is -0.392 e. The predicted octanol–water partition coefficient (Wildman–Crippen LogP) is 3.75. The first-order valence-corrected chi connectivity index (χ1v) is 17.9. The standard InChI is InChI=1S/C23H36O4P4/c24-18-28(19-25)14-16-30(22-8-3-1-4-9-22)12-7-13-31(17-15-29(20-26)21-27)23-10-5-2-6-11-23/h1-6,8-11,24-27H,7,12-21H2. The fraction of sp³-hybridized carbons (Fsp3) is 0.478. The van der Waals surface area contributed by atoms with E-state index in [1.165, 1.54) is 22.9 Å². The first-order valence-electron chi connectivity index (χ1n) is 10.7. The molecule has 0 fully saturated rings. The summed E-state index contributed by atoms with van der Waals surface area (Å²) >= 11 is 0. The molecular formula is C23H36O4P4. The van der Waals surface area contributed by atoms with Crippen molar-refractivity contribution in [2.45, 2.75) is 6.42 Å². The molecule has 2 unspecified atom stereocenters. The Morgan fingerprint density at radius 1 is 0.452 bits per heavy atom. The highest BCUT2D eigenvalue weighted by molar-refractivity contribution is 7.68. The first-order chi connectivity index (χ1) is 15.2. The fourth-order valence-corrected chi connectivity index (χ4v) is 12.3. The van der Waals surface area contributed by atoms with E-state index >= 15 is 0 Å². The van der Waals surface area contributed by atoms with Crippen molar-refractivity contribution in [1.82, 2.24) is 0 Å². The number of hydrogen-bond donors (Lipinski definition) is 4. The molecule has 172 valence electrons. The Morgan fingerprint density at radius 2 is 0.806 bits per heavy atom. The van der Waals surface area contributed by atoms with Crippen LogP contribution in [-0.4, -0.2) is 82.8 Å². The molecule has 2 atom stereocenters. The zero-order valence-corrected chi connectivity index (χ0v) is 21.7. The monoisotopic (exact) mass is 500 g/mol. The van der Waals surface area contributed by atoms with Gasteiger partial charge < -0.3 is 20.4 Å². The SMILES string of the molecule is OCP(CO)CCP(CCCP(CCP(CO)CO)c1ccccc1)c1ccccc1. The summed E-state index contributed by atoms with van der Waals surface area (Å²) in [6.45, 7) is 0. The van der Waals surface area contributed by atoms with Crippen molar-refractivity contribution in [2.24, 2.45) is 0 Å². The lowest BCUT2D eigenvalue weighted by Crippen LogP contribution is -2.12. The third kappa shape index (κ3) is 10.2. The number of aliphatic hydroxyl groups excluding tert-OH is 4. The number of hydrogen-bond acceptors (Lipinski definition) is 4. The maximum absolute atomic E-state index is 9.47. The van der Waals surface area contributed by atoms with E-state index in [0.717, 1.165) is 31.1 Å². The molecule has 2 rings (SSSR count). The molecule has 0 aliphatic rings. The molecule has 0 radical (unpaired) electrons. The minimum absolute atomic E-state index is 0.113. The molecule has 2 aromatic carbocycles. The molecule has 0 aromatic heterocycles. The zero-order chi connectivity index (χ0) is 22.3. The highest BCUT2D eigenvalue weighted by atomic mass is 31.1. The Morgan fingerprint density at radius 3 is 1.13 bits per heavy atom. The van der Waals surface area contributed by atoms with E-state index in [9.17, 15) is 20.4 Å². The molecule has 0 spiro atoms. The Labute approximate surface area is 192 Å². The Balaban J connectivity index is 1.99. The highest BCUT2D eigenvalue weighted by Crippen LogP contribution is 2.45. The van der Waals surface area contributed by atoms with Crippen LogP contribution in [-0.2, 0) is 0 Å². The van der Waals surface area contributed by atoms with Crippen LogP contribution in [0.25, 0.3) is 0 Å². The minimum atomic E-state index is -0.674. The number of aliphatic hydroxyl groups is 4. The summed E-state index contributed by atoms with van der Waals surface area (Å²) in [6, 6.07) is 21.4. The van der Waals surface area contributed by atoms with Gasteiger partial charge >= 0.3 is 0 Å². The van der Waals surface area contributed by atoms with Gasteiger partial charge in [-0.15, -0.1) is 0 Å².